The van der Waals surface area contributed by atoms with Crippen LogP contribution in [0, 0.1) is 0 Å². The number of rotatable bonds is 9. The van der Waals surface area contributed by atoms with Gasteiger partial charge in [0, 0.05) is 17.7 Å². The Balaban J connectivity index is 1.81. The highest BCUT2D eigenvalue weighted by atomic mass is 16.2. The Bertz CT molecular complexity index is 967. The lowest BCUT2D eigenvalue weighted by atomic mass is 9.97. The molecule has 1 amide bonds. The summed E-state index contributed by atoms with van der Waals surface area (Å²) < 4.78 is 0. The van der Waals surface area contributed by atoms with Crippen LogP contribution >= 0.6 is 0 Å². The van der Waals surface area contributed by atoms with E-state index in [1.165, 1.54) is 0 Å². The lowest BCUT2D eigenvalue weighted by Gasteiger charge is -2.30. The molecule has 3 rings (SSSR count). The zero-order chi connectivity index (χ0) is 21.3. The highest BCUT2D eigenvalue weighted by molar-refractivity contribution is 6.15. The topological polar surface area (TPSA) is 49.4 Å². The fourth-order valence-corrected chi connectivity index (χ4v) is 3.71. The number of hydrogen-bond acceptors (Lipinski definition) is 3. The molecule has 0 aromatic heterocycles. The number of hydrogen-bond donors (Lipinski definition) is 1. The van der Waals surface area contributed by atoms with Crippen molar-refractivity contribution in [3.8, 4) is 0 Å². The molecule has 0 radical (unpaired) electrons. The van der Waals surface area contributed by atoms with Crippen molar-refractivity contribution in [2.24, 2.45) is 0 Å². The number of benzene rings is 3. The van der Waals surface area contributed by atoms with E-state index < -0.39 is 0 Å². The van der Waals surface area contributed by atoms with Crippen molar-refractivity contribution < 1.29 is 9.59 Å². The molecule has 4 heteroatoms. The lowest BCUT2D eigenvalue weighted by Crippen LogP contribution is -2.38. The molecule has 0 aliphatic carbocycles. The summed E-state index contributed by atoms with van der Waals surface area (Å²) in [7, 11) is 0. The summed E-state index contributed by atoms with van der Waals surface area (Å²) in [5.74, 6) is -0.382. The van der Waals surface area contributed by atoms with Crippen LogP contribution in [-0.4, -0.2) is 36.2 Å². The normalized spacial score (nSPS) is 11.8. The van der Waals surface area contributed by atoms with E-state index >= 15 is 0 Å². The average Bonchev–Trinajstić information content (AvgIpc) is 2.82. The largest absolute Gasteiger partial charge is 0.350 e. The van der Waals surface area contributed by atoms with Gasteiger partial charge in [0.25, 0.3) is 5.91 Å². The molecule has 1 atom stereocenters. The van der Waals surface area contributed by atoms with Crippen LogP contribution in [0.4, 0.5) is 0 Å². The van der Waals surface area contributed by atoms with E-state index in [-0.39, 0.29) is 17.7 Å². The predicted molar refractivity (Wildman–Crippen MR) is 121 cm³/mol. The molecule has 0 heterocycles. The van der Waals surface area contributed by atoms with Gasteiger partial charge in [-0.2, -0.15) is 0 Å². The Labute approximate surface area is 178 Å². The highest BCUT2D eigenvalue weighted by Crippen LogP contribution is 2.20. The van der Waals surface area contributed by atoms with Gasteiger partial charge < -0.3 is 5.32 Å². The van der Waals surface area contributed by atoms with E-state index in [0.29, 0.717) is 23.2 Å². The Morgan fingerprint density at radius 2 is 1.30 bits per heavy atom. The molecular formula is C26H28N2O2. The van der Waals surface area contributed by atoms with E-state index in [4.69, 9.17) is 0 Å². The molecule has 3 aromatic carbocycles. The third kappa shape index (κ3) is 5.02. The molecule has 0 saturated carbocycles. The first kappa shape index (κ1) is 21.5. The van der Waals surface area contributed by atoms with Crippen LogP contribution in [0.15, 0.2) is 84.9 Å². The smallest absolute Gasteiger partial charge is 0.252 e. The summed E-state index contributed by atoms with van der Waals surface area (Å²) in [6, 6.07) is 26.3. The maximum absolute atomic E-state index is 13.1. The second-order valence-corrected chi connectivity index (χ2v) is 7.10. The first-order valence-corrected chi connectivity index (χ1v) is 10.4. The summed E-state index contributed by atoms with van der Waals surface area (Å²) in [6.45, 7) is 6.48. The van der Waals surface area contributed by atoms with E-state index in [2.05, 4.69) is 36.2 Å². The Kier molecular flexibility index (Phi) is 7.52. The molecule has 0 saturated heterocycles. The second kappa shape index (κ2) is 10.5. The minimum absolute atomic E-state index is 0.0714. The Morgan fingerprint density at radius 1 is 0.767 bits per heavy atom. The molecule has 1 unspecified atom stereocenters. The second-order valence-electron chi connectivity index (χ2n) is 7.10. The maximum atomic E-state index is 13.1. The van der Waals surface area contributed by atoms with Gasteiger partial charge in [-0.15, -0.1) is 0 Å². The zero-order valence-electron chi connectivity index (χ0n) is 17.5. The van der Waals surface area contributed by atoms with Gasteiger partial charge in [-0.1, -0.05) is 92.7 Å². The van der Waals surface area contributed by atoms with Crippen LogP contribution in [0.25, 0.3) is 0 Å². The maximum Gasteiger partial charge on any atom is 0.252 e. The lowest BCUT2D eigenvalue weighted by molar-refractivity contribution is 0.0925. The van der Waals surface area contributed by atoms with Crippen molar-refractivity contribution in [2.45, 2.75) is 19.9 Å². The number of carbonyl (C=O) groups is 2. The molecule has 0 spiro atoms. The molecule has 0 bridgehead atoms. The van der Waals surface area contributed by atoms with Crippen LogP contribution in [0.3, 0.4) is 0 Å². The molecule has 30 heavy (non-hydrogen) atoms. The SMILES string of the molecule is CCN(CC)C(CNC(=O)c1ccccc1C(=O)c1ccccc1)c1ccccc1. The quantitative estimate of drug-likeness (QED) is 0.528. The van der Waals surface area contributed by atoms with Crippen molar-refractivity contribution in [1.29, 1.82) is 0 Å². The molecule has 154 valence electrons. The summed E-state index contributed by atoms with van der Waals surface area (Å²) in [5.41, 5.74) is 2.55. The predicted octanol–water partition coefficient (Wildman–Crippen LogP) is 4.73. The van der Waals surface area contributed by atoms with Gasteiger partial charge in [-0.25, -0.2) is 0 Å². The Hall–Kier alpha value is -3.24. The number of ketones is 1. The van der Waals surface area contributed by atoms with Crippen LogP contribution < -0.4 is 5.32 Å². The summed E-state index contributed by atoms with van der Waals surface area (Å²) in [5, 5.41) is 3.06. The van der Waals surface area contributed by atoms with Crippen molar-refractivity contribution in [1.82, 2.24) is 10.2 Å². The molecule has 0 aliphatic rings. The summed E-state index contributed by atoms with van der Waals surface area (Å²) in [4.78, 5) is 28.3. The van der Waals surface area contributed by atoms with Gasteiger partial charge in [-0.05, 0) is 24.7 Å². The van der Waals surface area contributed by atoms with E-state index in [1.807, 2.05) is 36.4 Å². The third-order valence-electron chi connectivity index (χ3n) is 5.35. The highest BCUT2D eigenvalue weighted by Gasteiger charge is 2.21. The number of carbonyl (C=O) groups excluding carboxylic acids is 2. The van der Waals surface area contributed by atoms with Gasteiger partial charge in [0.15, 0.2) is 5.78 Å². The van der Waals surface area contributed by atoms with Gasteiger partial charge >= 0.3 is 0 Å². The number of nitrogens with one attached hydrogen (secondary N) is 1. The summed E-state index contributed by atoms with van der Waals surface area (Å²) >= 11 is 0. The van der Waals surface area contributed by atoms with Crippen molar-refractivity contribution in [2.75, 3.05) is 19.6 Å². The summed E-state index contributed by atoms with van der Waals surface area (Å²) in [6.07, 6.45) is 0. The molecular weight excluding hydrogens is 372 g/mol. The van der Waals surface area contributed by atoms with Gasteiger partial charge in [-0.3, -0.25) is 14.5 Å². The van der Waals surface area contributed by atoms with Gasteiger partial charge in [0.05, 0.1) is 11.6 Å². The van der Waals surface area contributed by atoms with Crippen LogP contribution in [0.5, 0.6) is 0 Å². The molecule has 0 aliphatic heterocycles. The molecule has 1 N–H and O–H groups in total. The third-order valence-corrected chi connectivity index (χ3v) is 5.35. The standard InChI is InChI=1S/C26H28N2O2/c1-3-28(4-2)24(20-13-7-5-8-14-20)19-27-26(30)23-18-12-11-17-22(23)25(29)21-15-9-6-10-16-21/h5-18,24H,3-4,19H2,1-2H3,(H,27,30). The fourth-order valence-electron chi connectivity index (χ4n) is 3.71. The zero-order valence-corrected chi connectivity index (χ0v) is 17.5. The monoisotopic (exact) mass is 400 g/mol. The minimum atomic E-state index is -0.233. The van der Waals surface area contributed by atoms with Crippen LogP contribution in [0.2, 0.25) is 0 Å². The number of nitrogens with zero attached hydrogens (tertiary/aromatic N) is 1. The molecule has 3 aromatic rings. The van der Waals surface area contributed by atoms with Crippen LogP contribution in [-0.2, 0) is 0 Å². The number of amides is 1. The molecule has 0 fully saturated rings. The first-order valence-electron chi connectivity index (χ1n) is 10.4. The van der Waals surface area contributed by atoms with Crippen molar-refractivity contribution >= 4 is 11.7 Å². The van der Waals surface area contributed by atoms with Crippen LogP contribution in [0.1, 0.15) is 51.7 Å². The van der Waals surface area contributed by atoms with Gasteiger partial charge in [0.1, 0.15) is 0 Å². The van der Waals surface area contributed by atoms with E-state index in [9.17, 15) is 9.59 Å². The Morgan fingerprint density at radius 3 is 1.90 bits per heavy atom. The number of likely N-dealkylation sites (N-methyl/N-ethyl adjacent to an activating group) is 1. The van der Waals surface area contributed by atoms with E-state index in [0.717, 1.165) is 18.7 Å². The first-order chi connectivity index (χ1) is 14.7. The average molecular weight is 401 g/mol. The van der Waals surface area contributed by atoms with E-state index in [1.54, 1.807) is 36.4 Å². The molecule has 4 nitrogen and oxygen atoms in total. The van der Waals surface area contributed by atoms with Crippen molar-refractivity contribution in [3.05, 3.63) is 107 Å². The fraction of sp³-hybridized carbons (Fsp3) is 0.231. The van der Waals surface area contributed by atoms with Crippen molar-refractivity contribution in [3.63, 3.8) is 0 Å². The minimum Gasteiger partial charge on any atom is -0.350 e. The van der Waals surface area contributed by atoms with Gasteiger partial charge in [0.2, 0.25) is 0 Å².